The third kappa shape index (κ3) is 6.99. The Bertz CT molecular complexity index is 812. The van der Waals surface area contributed by atoms with Gasteiger partial charge in [-0.15, -0.1) is 0 Å². The first-order valence-electron chi connectivity index (χ1n) is 8.33. The molecule has 0 aliphatic carbocycles. The minimum absolute atomic E-state index is 0.210. The highest BCUT2D eigenvalue weighted by Crippen LogP contribution is 2.22. The zero-order valence-electron chi connectivity index (χ0n) is 14.8. The smallest absolute Gasteiger partial charge is 0.315 e. The van der Waals surface area contributed by atoms with E-state index in [9.17, 15) is 14.4 Å². The molecule has 8 heteroatoms. The van der Waals surface area contributed by atoms with Crippen LogP contribution < -0.4 is 21.3 Å². The van der Waals surface area contributed by atoms with Gasteiger partial charge in [0.1, 0.15) is 0 Å². The molecule has 0 spiro atoms. The maximum Gasteiger partial charge on any atom is 0.315 e. The maximum atomic E-state index is 11.9. The van der Waals surface area contributed by atoms with Gasteiger partial charge in [0.2, 0.25) is 11.8 Å². The molecular weight excluding hydrogens is 368 g/mol. The van der Waals surface area contributed by atoms with E-state index in [1.807, 2.05) is 30.3 Å². The Morgan fingerprint density at radius 2 is 1.56 bits per heavy atom. The number of carbonyl (C=O) groups is 3. The van der Waals surface area contributed by atoms with E-state index in [0.717, 1.165) is 11.1 Å². The summed E-state index contributed by atoms with van der Waals surface area (Å²) in [5.41, 5.74) is 2.28. The van der Waals surface area contributed by atoms with E-state index in [-0.39, 0.29) is 19.0 Å². The van der Waals surface area contributed by atoms with Gasteiger partial charge in [0, 0.05) is 17.3 Å². The zero-order valence-corrected chi connectivity index (χ0v) is 15.6. The molecule has 4 N–H and O–H groups in total. The Morgan fingerprint density at radius 3 is 2.30 bits per heavy atom. The molecular formula is C19H21ClN4O3. The van der Waals surface area contributed by atoms with Crippen molar-refractivity contribution in [3.8, 4) is 0 Å². The van der Waals surface area contributed by atoms with E-state index in [1.54, 1.807) is 25.1 Å². The first kappa shape index (κ1) is 20.3. The van der Waals surface area contributed by atoms with Crippen LogP contribution in [0.1, 0.15) is 11.1 Å². The average Bonchev–Trinajstić information content (AvgIpc) is 2.67. The fourth-order valence-corrected chi connectivity index (χ4v) is 2.35. The van der Waals surface area contributed by atoms with Gasteiger partial charge in [0.15, 0.2) is 0 Å². The Labute approximate surface area is 162 Å². The summed E-state index contributed by atoms with van der Waals surface area (Å²) in [5, 5.41) is 10.7. The van der Waals surface area contributed by atoms with Crippen LogP contribution >= 0.6 is 11.6 Å². The third-order valence-electron chi connectivity index (χ3n) is 3.69. The quantitative estimate of drug-likeness (QED) is 0.585. The first-order chi connectivity index (χ1) is 13.0. The predicted octanol–water partition coefficient (Wildman–Crippen LogP) is 2.20. The molecule has 0 bridgehead atoms. The summed E-state index contributed by atoms with van der Waals surface area (Å²) in [7, 11) is 0. The van der Waals surface area contributed by atoms with Gasteiger partial charge in [-0.05, 0) is 30.2 Å². The molecule has 0 aromatic heterocycles. The summed E-state index contributed by atoms with van der Waals surface area (Å²) < 4.78 is 0. The van der Waals surface area contributed by atoms with Crippen molar-refractivity contribution in [2.45, 2.75) is 13.5 Å². The summed E-state index contributed by atoms with van der Waals surface area (Å²) in [5.74, 6) is -0.856. The molecule has 0 fully saturated rings. The van der Waals surface area contributed by atoms with Crippen molar-refractivity contribution in [1.29, 1.82) is 0 Å². The SMILES string of the molecule is Cc1c(Cl)cccc1NC(=O)CNC(=O)CNC(=O)NCc1ccccc1. The summed E-state index contributed by atoms with van der Waals surface area (Å²) in [6, 6.07) is 14.1. The summed E-state index contributed by atoms with van der Waals surface area (Å²) >= 11 is 5.99. The summed E-state index contributed by atoms with van der Waals surface area (Å²) in [4.78, 5) is 35.3. The minimum atomic E-state index is -0.470. The standard InChI is InChI=1S/C19H21ClN4O3/c1-13-15(20)8-5-9-16(13)24-18(26)12-21-17(25)11-23-19(27)22-10-14-6-3-2-4-7-14/h2-9H,10-12H2,1H3,(H,21,25)(H,24,26)(H2,22,23,27). The van der Waals surface area contributed by atoms with Crippen LogP contribution in [0.2, 0.25) is 5.02 Å². The average molecular weight is 389 g/mol. The van der Waals surface area contributed by atoms with Crippen LogP contribution in [0.4, 0.5) is 10.5 Å². The lowest BCUT2D eigenvalue weighted by Crippen LogP contribution is -2.43. The molecule has 2 rings (SSSR count). The monoisotopic (exact) mass is 388 g/mol. The molecule has 0 aliphatic rings. The van der Waals surface area contributed by atoms with Crippen LogP contribution in [0.15, 0.2) is 48.5 Å². The van der Waals surface area contributed by atoms with Crippen molar-refractivity contribution < 1.29 is 14.4 Å². The van der Waals surface area contributed by atoms with E-state index in [4.69, 9.17) is 11.6 Å². The van der Waals surface area contributed by atoms with Gasteiger partial charge in [-0.2, -0.15) is 0 Å². The van der Waals surface area contributed by atoms with Crippen molar-refractivity contribution >= 4 is 35.1 Å². The molecule has 0 radical (unpaired) electrons. The highest BCUT2D eigenvalue weighted by Gasteiger charge is 2.09. The number of nitrogens with one attached hydrogen (secondary N) is 4. The number of urea groups is 1. The Kier molecular flexibility index (Phi) is 7.63. The molecule has 27 heavy (non-hydrogen) atoms. The number of hydrogen-bond donors (Lipinski definition) is 4. The maximum absolute atomic E-state index is 11.9. The van der Waals surface area contributed by atoms with Gasteiger partial charge < -0.3 is 21.3 Å². The van der Waals surface area contributed by atoms with Crippen molar-refractivity contribution in [2.75, 3.05) is 18.4 Å². The third-order valence-corrected chi connectivity index (χ3v) is 4.10. The van der Waals surface area contributed by atoms with Gasteiger partial charge in [-0.25, -0.2) is 4.79 Å². The van der Waals surface area contributed by atoms with Crippen LogP contribution in [0, 0.1) is 6.92 Å². The molecule has 0 aliphatic heterocycles. The summed E-state index contributed by atoms with van der Waals surface area (Å²) in [6.07, 6.45) is 0. The number of halogens is 1. The van der Waals surface area contributed by atoms with Crippen LogP contribution in [-0.4, -0.2) is 30.9 Å². The predicted molar refractivity (Wildman–Crippen MR) is 105 cm³/mol. The van der Waals surface area contributed by atoms with Crippen molar-refractivity contribution in [3.05, 3.63) is 64.7 Å². The molecule has 0 unspecified atom stereocenters. The van der Waals surface area contributed by atoms with Crippen LogP contribution in [0.5, 0.6) is 0 Å². The Balaban J connectivity index is 1.66. The molecule has 0 saturated heterocycles. The molecule has 2 aromatic carbocycles. The van der Waals surface area contributed by atoms with E-state index >= 15 is 0 Å². The highest BCUT2D eigenvalue weighted by molar-refractivity contribution is 6.31. The molecule has 0 heterocycles. The van der Waals surface area contributed by atoms with Crippen molar-refractivity contribution in [1.82, 2.24) is 16.0 Å². The van der Waals surface area contributed by atoms with Gasteiger partial charge in [0.25, 0.3) is 0 Å². The van der Waals surface area contributed by atoms with E-state index in [2.05, 4.69) is 21.3 Å². The van der Waals surface area contributed by atoms with Gasteiger partial charge in [-0.1, -0.05) is 48.0 Å². The number of rotatable bonds is 7. The van der Waals surface area contributed by atoms with Crippen LogP contribution in [0.25, 0.3) is 0 Å². The lowest BCUT2D eigenvalue weighted by Gasteiger charge is -2.11. The Hall–Kier alpha value is -3.06. The molecule has 2 aromatic rings. The largest absolute Gasteiger partial charge is 0.345 e. The van der Waals surface area contributed by atoms with E-state index in [1.165, 1.54) is 0 Å². The van der Waals surface area contributed by atoms with Gasteiger partial charge in [0.05, 0.1) is 13.1 Å². The summed E-state index contributed by atoms with van der Waals surface area (Å²) in [6.45, 7) is 1.70. The molecule has 142 valence electrons. The van der Waals surface area contributed by atoms with Gasteiger partial charge in [-0.3, -0.25) is 9.59 Å². The Morgan fingerprint density at radius 1 is 0.852 bits per heavy atom. The minimum Gasteiger partial charge on any atom is -0.345 e. The number of anilines is 1. The van der Waals surface area contributed by atoms with Crippen molar-refractivity contribution in [3.63, 3.8) is 0 Å². The van der Waals surface area contributed by atoms with Crippen molar-refractivity contribution in [2.24, 2.45) is 0 Å². The van der Waals surface area contributed by atoms with Crippen LogP contribution in [-0.2, 0) is 16.1 Å². The molecule has 0 saturated carbocycles. The van der Waals surface area contributed by atoms with E-state index < -0.39 is 11.9 Å². The number of hydrogen-bond acceptors (Lipinski definition) is 3. The first-order valence-corrected chi connectivity index (χ1v) is 8.71. The second-order valence-corrected chi connectivity index (χ2v) is 6.17. The second-order valence-electron chi connectivity index (χ2n) is 5.76. The fraction of sp³-hybridized carbons (Fsp3) is 0.211. The number of amides is 4. The lowest BCUT2D eigenvalue weighted by atomic mass is 10.2. The number of benzene rings is 2. The topological polar surface area (TPSA) is 99.3 Å². The highest BCUT2D eigenvalue weighted by atomic mass is 35.5. The van der Waals surface area contributed by atoms with E-state index in [0.29, 0.717) is 17.3 Å². The number of carbonyl (C=O) groups excluding carboxylic acids is 3. The molecule has 0 atom stereocenters. The van der Waals surface area contributed by atoms with Gasteiger partial charge >= 0.3 is 6.03 Å². The normalized spacial score (nSPS) is 10.0. The molecule has 4 amide bonds. The lowest BCUT2D eigenvalue weighted by molar-refractivity contribution is -0.123. The van der Waals surface area contributed by atoms with Crippen LogP contribution in [0.3, 0.4) is 0 Å². The fourth-order valence-electron chi connectivity index (χ4n) is 2.18. The second kappa shape index (κ2) is 10.2. The zero-order chi connectivity index (χ0) is 19.6. The molecule has 7 nitrogen and oxygen atoms in total.